The lowest BCUT2D eigenvalue weighted by Crippen LogP contribution is -2.38. The first-order valence-corrected chi connectivity index (χ1v) is 10.1. The minimum Gasteiger partial charge on any atom is -0.324 e. The van der Waals surface area contributed by atoms with E-state index in [1.165, 1.54) is 0 Å². The Morgan fingerprint density at radius 3 is 2.91 bits per heavy atom. The molecule has 2 aliphatic heterocycles. The Labute approximate surface area is 137 Å². The first kappa shape index (κ1) is 16.3. The Balaban J connectivity index is 1.69. The molecule has 1 N–H and O–H groups in total. The zero-order valence-corrected chi connectivity index (χ0v) is 14.3. The van der Waals surface area contributed by atoms with Crippen molar-refractivity contribution in [1.29, 1.82) is 0 Å². The standard InChI is InChI=1S/C15H24N4O3S/c1-12-4-2-3-8-18(10-12)15(20)17-14-5-7-16-19(14)13-6-9-23(21,22)11-13/h5,7,12-13H,2-4,6,8-11H2,1H3,(H,17,20)/t12-,13-/m0/s1. The monoisotopic (exact) mass is 340 g/mol. The van der Waals surface area contributed by atoms with Gasteiger partial charge in [-0.15, -0.1) is 0 Å². The highest BCUT2D eigenvalue weighted by Gasteiger charge is 2.31. The maximum absolute atomic E-state index is 12.5. The van der Waals surface area contributed by atoms with Crippen LogP contribution in [0.4, 0.5) is 10.6 Å². The van der Waals surface area contributed by atoms with Crippen molar-refractivity contribution < 1.29 is 13.2 Å². The average Bonchev–Trinajstić information content (AvgIpc) is 3.01. The number of nitrogens with one attached hydrogen (secondary N) is 1. The normalized spacial score (nSPS) is 27.6. The topological polar surface area (TPSA) is 84.3 Å². The van der Waals surface area contributed by atoms with E-state index in [9.17, 15) is 13.2 Å². The summed E-state index contributed by atoms with van der Waals surface area (Å²) in [4.78, 5) is 14.4. The van der Waals surface area contributed by atoms with Crippen LogP contribution in [-0.4, -0.2) is 53.7 Å². The molecule has 0 spiro atoms. The van der Waals surface area contributed by atoms with Crippen LogP contribution in [0.5, 0.6) is 0 Å². The predicted molar refractivity (Wildman–Crippen MR) is 88.1 cm³/mol. The van der Waals surface area contributed by atoms with Crippen molar-refractivity contribution in [2.45, 2.75) is 38.6 Å². The predicted octanol–water partition coefficient (Wildman–Crippen LogP) is 1.90. The summed E-state index contributed by atoms with van der Waals surface area (Å²) in [6.07, 6.45) is 5.49. The molecule has 0 radical (unpaired) electrons. The number of urea groups is 1. The molecule has 0 bridgehead atoms. The van der Waals surface area contributed by atoms with Crippen molar-refractivity contribution in [1.82, 2.24) is 14.7 Å². The largest absolute Gasteiger partial charge is 0.324 e. The molecule has 0 unspecified atom stereocenters. The van der Waals surface area contributed by atoms with Gasteiger partial charge in [0.15, 0.2) is 9.84 Å². The molecule has 0 saturated carbocycles. The second-order valence-electron chi connectivity index (χ2n) is 6.69. The van der Waals surface area contributed by atoms with E-state index in [2.05, 4.69) is 17.3 Å². The molecule has 2 aliphatic rings. The number of anilines is 1. The molecule has 8 heteroatoms. The van der Waals surface area contributed by atoms with Gasteiger partial charge in [0.05, 0.1) is 23.7 Å². The highest BCUT2D eigenvalue weighted by molar-refractivity contribution is 7.91. The lowest BCUT2D eigenvalue weighted by Gasteiger charge is -2.23. The van der Waals surface area contributed by atoms with Gasteiger partial charge in [-0.2, -0.15) is 5.10 Å². The van der Waals surface area contributed by atoms with Gasteiger partial charge in [-0.25, -0.2) is 17.9 Å². The molecule has 2 atom stereocenters. The Morgan fingerprint density at radius 2 is 2.17 bits per heavy atom. The maximum atomic E-state index is 12.5. The van der Waals surface area contributed by atoms with Gasteiger partial charge in [0.25, 0.3) is 0 Å². The molecule has 0 aliphatic carbocycles. The molecule has 1 aromatic rings. The summed E-state index contributed by atoms with van der Waals surface area (Å²) in [6.45, 7) is 3.69. The lowest BCUT2D eigenvalue weighted by atomic mass is 10.1. The summed E-state index contributed by atoms with van der Waals surface area (Å²) < 4.78 is 25.0. The number of amides is 2. The molecule has 0 aromatic carbocycles. The van der Waals surface area contributed by atoms with Crippen LogP contribution in [0.2, 0.25) is 0 Å². The third-order valence-corrected chi connectivity index (χ3v) is 6.40. The lowest BCUT2D eigenvalue weighted by molar-refractivity contribution is 0.207. The molecule has 3 heterocycles. The molecule has 2 fully saturated rings. The minimum atomic E-state index is -2.98. The number of carbonyl (C=O) groups is 1. The van der Waals surface area contributed by atoms with Gasteiger partial charge in [0, 0.05) is 19.2 Å². The quantitative estimate of drug-likeness (QED) is 0.891. The second-order valence-corrected chi connectivity index (χ2v) is 8.92. The number of hydrogen-bond donors (Lipinski definition) is 1. The summed E-state index contributed by atoms with van der Waals surface area (Å²) in [5, 5.41) is 7.12. The fourth-order valence-corrected chi connectivity index (χ4v) is 5.09. The SMILES string of the molecule is C[C@H]1CCCCN(C(=O)Nc2ccnn2[C@H]2CCS(=O)(=O)C2)C1. The number of aromatic nitrogens is 2. The van der Waals surface area contributed by atoms with E-state index in [-0.39, 0.29) is 23.6 Å². The zero-order chi connectivity index (χ0) is 16.4. The van der Waals surface area contributed by atoms with Gasteiger partial charge in [0.2, 0.25) is 0 Å². The third kappa shape index (κ3) is 3.85. The molecule has 7 nitrogen and oxygen atoms in total. The smallest absolute Gasteiger partial charge is 0.323 e. The Bertz CT molecular complexity index is 670. The Morgan fingerprint density at radius 1 is 1.35 bits per heavy atom. The number of rotatable bonds is 2. The molecule has 23 heavy (non-hydrogen) atoms. The number of nitrogens with zero attached hydrogens (tertiary/aromatic N) is 3. The van der Waals surface area contributed by atoms with E-state index in [0.29, 0.717) is 18.2 Å². The minimum absolute atomic E-state index is 0.0955. The van der Waals surface area contributed by atoms with E-state index in [0.717, 1.165) is 32.4 Å². The van der Waals surface area contributed by atoms with Gasteiger partial charge in [-0.3, -0.25) is 5.32 Å². The highest BCUT2D eigenvalue weighted by atomic mass is 32.2. The number of hydrogen-bond acceptors (Lipinski definition) is 4. The van der Waals surface area contributed by atoms with Crippen molar-refractivity contribution in [3.05, 3.63) is 12.3 Å². The van der Waals surface area contributed by atoms with Gasteiger partial charge < -0.3 is 4.90 Å². The first-order chi connectivity index (χ1) is 10.9. The summed E-state index contributed by atoms with van der Waals surface area (Å²) in [6, 6.07) is 1.42. The van der Waals surface area contributed by atoms with Crippen molar-refractivity contribution in [2.75, 3.05) is 29.9 Å². The van der Waals surface area contributed by atoms with Crippen LogP contribution in [0.1, 0.15) is 38.6 Å². The fraction of sp³-hybridized carbons (Fsp3) is 0.733. The second kappa shape index (κ2) is 6.51. The van der Waals surface area contributed by atoms with Crippen molar-refractivity contribution in [3.8, 4) is 0 Å². The average molecular weight is 340 g/mol. The van der Waals surface area contributed by atoms with Crippen LogP contribution in [0, 0.1) is 5.92 Å². The summed E-state index contributed by atoms with van der Waals surface area (Å²) in [7, 11) is -2.98. The molecule has 3 rings (SSSR count). The van der Waals surface area contributed by atoms with Gasteiger partial charge in [-0.1, -0.05) is 13.3 Å². The molecular formula is C15H24N4O3S. The molecular weight excluding hydrogens is 316 g/mol. The van der Waals surface area contributed by atoms with E-state index in [1.807, 2.05) is 4.90 Å². The van der Waals surface area contributed by atoms with Crippen molar-refractivity contribution >= 4 is 21.7 Å². The van der Waals surface area contributed by atoms with Crippen LogP contribution in [0.15, 0.2) is 12.3 Å². The number of sulfone groups is 1. The van der Waals surface area contributed by atoms with Crippen LogP contribution >= 0.6 is 0 Å². The maximum Gasteiger partial charge on any atom is 0.323 e. The molecule has 2 saturated heterocycles. The van der Waals surface area contributed by atoms with Crippen molar-refractivity contribution in [2.24, 2.45) is 5.92 Å². The van der Waals surface area contributed by atoms with Gasteiger partial charge in [0.1, 0.15) is 5.82 Å². The summed E-state index contributed by atoms with van der Waals surface area (Å²) in [5.41, 5.74) is 0. The number of carbonyl (C=O) groups excluding carboxylic acids is 1. The molecule has 1 aromatic heterocycles. The first-order valence-electron chi connectivity index (χ1n) is 8.24. The number of likely N-dealkylation sites (tertiary alicyclic amines) is 1. The summed E-state index contributed by atoms with van der Waals surface area (Å²) in [5.74, 6) is 1.37. The Hall–Kier alpha value is -1.57. The molecule has 128 valence electrons. The van der Waals surface area contributed by atoms with E-state index in [1.54, 1.807) is 16.9 Å². The van der Waals surface area contributed by atoms with E-state index in [4.69, 9.17) is 0 Å². The van der Waals surface area contributed by atoms with Crippen LogP contribution in [0.3, 0.4) is 0 Å². The molecule has 2 amide bonds. The van der Waals surface area contributed by atoms with Crippen molar-refractivity contribution in [3.63, 3.8) is 0 Å². The van der Waals surface area contributed by atoms with Crippen LogP contribution < -0.4 is 5.32 Å². The Kier molecular flexibility index (Phi) is 4.61. The van der Waals surface area contributed by atoms with E-state index >= 15 is 0 Å². The summed E-state index contributed by atoms with van der Waals surface area (Å²) >= 11 is 0. The van der Waals surface area contributed by atoms with Gasteiger partial charge >= 0.3 is 6.03 Å². The van der Waals surface area contributed by atoms with Crippen LogP contribution in [0.25, 0.3) is 0 Å². The zero-order valence-electron chi connectivity index (χ0n) is 13.4. The fourth-order valence-electron chi connectivity index (χ4n) is 3.40. The van der Waals surface area contributed by atoms with E-state index < -0.39 is 9.84 Å². The third-order valence-electron chi connectivity index (χ3n) is 4.65. The highest BCUT2D eigenvalue weighted by Crippen LogP contribution is 2.26. The van der Waals surface area contributed by atoms with Crippen LogP contribution in [-0.2, 0) is 9.84 Å². The van der Waals surface area contributed by atoms with Gasteiger partial charge in [-0.05, 0) is 25.2 Å².